The van der Waals surface area contributed by atoms with E-state index in [-0.39, 0.29) is 36.7 Å². The van der Waals surface area contributed by atoms with Gasteiger partial charge in [0.05, 0.1) is 0 Å². The minimum absolute atomic E-state index is 0. The van der Waals surface area contributed by atoms with Gasteiger partial charge in [0.1, 0.15) is 5.82 Å². The lowest BCUT2D eigenvalue weighted by Gasteiger charge is -2.35. The second-order valence-electron chi connectivity index (χ2n) is 4.61. The van der Waals surface area contributed by atoms with Gasteiger partial charge in [0.25, 0.3) is 0 Å². The summed E-state index contributed by atoms with van der Waals surface area (Å²) >= 11 is 0. The third-order valence-corrected chi connectivity index (χ3v) is 3.42. The van der Waals surface area contributed by atoms with E-state index in [2.05, 4.69) is 17.1 Å². The molecule has 2 nitrogen and oxygen atoms in total. The number of benzene rings is 1. The quantitative estimate of drug-likeness (QED) is 0.917. The molecule has 1 N–H and O–H groups in total. The van der Waals surface area contributed by atoms with Gasteiger partial charge >= 0.3 is 0 Å². The maximum absolute atomic E-state index is 13.9. The van der Waals surface area contributed by atoms with Gasteiger partial charge in [-0.15, -0.1) is 24.8 Å². The molecule has 1 atom stereocenters. The number of hydrogen-bond donors (Lipinski definition) is 1. The van der Waals surface area contributed by atoms with Crippen molar-refractivity contribution in [1.29, 1.82) is 0 Å². The molecule has 0 amide bonds. The van der Waals surface area contributed by atoms with E-state index in [1.165, 1.54) is 0 Å². The van der Waals surface area contributed by atoms with Crippen molar-refractivity contribution in [2.45, 2.75) is 25.8 Å². The van der Waals surface area contributed by atoms with Crippen molar-refractivity contribution in [1.82, 2.24) is 10.2 Å². The summed E-state index contributed by atoms with van der Waals surface area (Å²) in [5.74, 6) is -0.0653. The van der Waals surface area contributed by atoms with Gasteiger partial charge in [-0.3, -0.25) is 4.90 Å². The number of halogens is 3. The van der Waals surface area contributed by atoms with Gasteiger partial charge < -0.3 is 5.32 Å². The fourth-order valence-electron chi connectivity index (χ4n) is 2.55. The third-order valence-electron chi connectivity index (χ3n) is 3.42. The predicted octanol–water partition coefficient (Wildman–Crippen LogP) is 3.42. The molecule has 2 rings (SSSR count). The topological polar surface area (TPSA) is 15.3 Å². The highest BCUT2D eigenvalue weighted by molar-refractivity contribution is 5.85. The summed E-state index contributed by atoms with van der Waals surface area (Å²) in [6, 6.07) is 7.43. The molecule has 1 aliphatic rings. The average Bonchev–Trinajstić information content (AvgIpc) is 2.38. The molecule has 110 valence electrons. The highest BCUT2D eigenvalue weighted by Crippen LogP contribution is 2.27. The van der Waals surface area contributed by atoms with Crippen molar-refractivity contribution >= 4 is 24.8 Å². The van der Waals surface area contributed by atoms with Crippen LogP contribution < -0.4 is 5.32 Å². The molecule has 1 aromatic carbocycles. The van der Waals surface area contributed by atoms with Gasteiger partial charge in [0.15, 0.2) is 0 Å². The number of hydrogen-bond acceptors (Lipinski definition) is 2. The summed E-state index contributed by atoms with van der Waals surface area (Å²) < 4.78 is 13.9. The van der Waals surface area contributed by atoms with Crippen molar-refractivity contribution in [3.8, 4) is 0 Å². The Morgan fingerprint density at radius 1 is 1.21 bits per heavy atom. The lowest BCUT2D eigenvalue weighted by molar-refractivity contribution is 0.161. The molecule has 0 saturated carbocycles. The van der Waals surface area contributed by atoms with E-state index in [0.717, 1.165) is 44.6 Å². The monoisotopic (exact) mass is 308 g/mol. The van der Waals surface area contributed by atoms with Gasteiger partial charge in [-0.1, -0.05) is 31.5 Å². The second kappa shape index (κ2) is 9.54. The molecule has 0 bridgehead atoms. The van der Waals surface area contributed by atoms with Crippen molar-refractivity contribution < 1.29 is 4.39 Å². The zero-order valence-corrected chi connectivity index (χ0v) is 12.9. The van der Waals surface area contributed by atoms with Crippen molar-refractivity contribution in [3.05, 3.63) is 35.6 Å². The van der Waals surface area contributed by atoms with Gasteiger partial charge in [-0.05, 0) is 12.5 Å². The van der Waals surface area contributed by atoms with Crippen LogP contribution in [0.5, 0.6) is 0 Å². The van der Waals surface area contributed by atoms with E-state index in [9.17, 15) is 4.39 Å². The standard InChI is InChI=1S/C14H21FN2.2ClH/c1-2-5-14(17-10-8-16-9-11-17)12-6-3-4-7-13(12)15;;/h3-4,6-7,14,16H,2,5,8-11H2,1H3;2*1H/t14-;;/m0../s1. The SMILES string of the molecule is CCC[C@@H](c1ccccc1F)N1CCNCC1.Cl.Cl. The Kier molecular flexibility index (Phi) is 9.36. The Bertz CT molecular complexity index is 357. The van der Waals surface area contributed by atoms with Crippen LogP contribution in [0.25, 0.3) is 0 Å². The van der Waals surface area contributed by atoms with E-state index in [4.69, 9.17) is 0 Å². The second-order valence-corrected chi connectivity index (χ2v) is 4.61. The van der Waals surface area contributed by atoms with Crippen molar-refractivity contribution in [3.63, 3.8) is 0 Å². The zero-order chi connectivity index (χ0) is 12.1. The average molecular weight is 309 g/mol. The Hall–Kier alpha value is -0.350. The molecule has 5 heteroatoms. The Balaban J connectivity index is 0.00000162. The molecule has 0 unspecified atom stereocenters. The molecule has 19 heavy (non-hydrogen) atoms. The summed E-state index contributed by atoms with van der Waals surface area (Å²) in [6.07, 6.45) is 2.11. The minimum atomic E-state index is -0.0653. The fourth-order valence-corrected chi connectivity index (χ4v) is 2.55. The third kappa shape index (κ3) is 4.92. The van der Waals surface area contributed by atoms with E-state index >= 15 is 0 Å². The van der Waals surface area contributed by atoms with Gasteiger partial charge in [0.2, 0.25) is 0 Å². The number of piperazine rings is 1. The molecule has 0 aromatic heterocycles. The van der Waals surface area contributed by atoms with Crippen LogP contribution in [0.3, 0.4) is 0 Å². The summed E-state index contributed by atoms with van der Waals surface area (Å²) in [5, 5.41) is 3.34. The van der Waals surface area contributed by atoms with Crippen LogP contribution in [0.4, 0.5) is 4.39 Å². The first-order chi connectivity index (χ1) is 8.33. The molecular weight excluding hydrogens is 286 g/mol. The largest absolute Gasteiger partial charge is 0.314 e. The predicted molar refractivity (Wildman–Crippen MR) is 83.0 cm³/mol. The maximum Gasteiger partial charge on any atom is 0.127 e. The molecule has 0 spiro atoms. The van der Waals surface area contributed by atoms with Gasteiger partial charge in [-0.25, -0.2) is 4.39 Å². The van der Waals surface area contributed by atoms with Crippen LogP contribution in [0.15, 0.2) is 24.3 Å². The number of rotatable bonds is 4. The maximum atomic E-state index is 13.9. The highest BCUT2D eigenvalue weighted by Gasteiger charge is 2.23. The number of nitrogens with one attached hydrogen (secondary N) is 1. The number of nitrogens with zero attached hydrogens (tertiary/aromatic N) is 1. The fraction of sp³-hybridized carbons (Fsp3) is 0.571. The Morgan fingerprint density at radius 3 is 2.42 bits per heavy atom. The molecule has 1 aromatic rings. The minimum Gasteiger partial charge on any atom is -0.314 e. The highest BCUT2D eigenvalue weighted by atomic mass is 35.5. The van der Waals surface area contributed by atoms with E-state index < -0.39 is 0 Å². The Labute approximate surface area is 127 Å². The van der Waals surface area contributed by atoms with Crippen LogP contribution in [-0.4, -0.2) is 31.1 Å². The summed E-state index contributed by atoms with van der Waals surface area (Å²) in [4.78, 5) is 2.40. The molecule has 1 saturated heterocycles. The van der Waals surface area contributed by atoms with E-state index in [1.807, 2.05) is 12.1 Å². The van der Waals surface area contributed by atoms with Crippen LogP contribution in [-0.2, 0) is 0 Å². The summed E-state index contributed by atoms with van der Waals surface area (Å²) in [5.41, 5.74) is 0.858. The Morgan fingerprint density at radius 2 is 1.84 bits per heavy atom. The van der Waals surface area contributed by atoms with Crippen molar-refractivity contribution in [2.75, 3.05) is 26.2 Å². The first-order valence-electron chi connectivity index (χ1n) is 6.52. The first-order valence-corrected chi connectivity index (χ1v) is 6.52. The molecule has 1 aliphatic heterocycles. The van der Waals surface area contributed by atoms with E-state index in [0.29, 0.717) is 0 Å². The van der Waals surface area contributed by atoms with E-state index in [1.54, 1.807) is 12.1 Å². The molecule has 0 aliphatic carbocycles. The molecule has 0 radical (unpaired) electrons. The van der Waals surface area contributed by atoms with Crippen LogP contribution >= 0.6 is 24.8 Å². The zero-order valence-electron chi connectivity index (χ0n) is 11.3. The first kappa shape index (κ1) is 18.7. The summed E-state index contributed by atoms with van der Waals surface area (Å²) in [7, 11) is 0. The lowest BCUT2D eigenvalue weighted by Crippen LogP contribution is -2.45. The molecular formula is C14H23Cl2FN2. The molecule has 1 heterocycles. The van der Waals surface area contributed by atoms with Crippen LogP contribution in [0.1, 0.15) is 31.4 Å². The van der Waals surface area contributed by atoms with Crippen LogP contribution in [0, 0.1) is 5.82 Å². The van der Waals surface area contributed by atoms with Gasteiger partial charge in [-0.2, -0.15) is 0 Å². The summed E-state index contributed by atoms with van der Waals surface area (Å²) in [6.45, 7) is 6.21. The van der Waals surface area contributed by atoms with Gasteiger partial charge in [0, 0.05) is 37.8 Å². The molecule has 1 fully saturated rings. The van der Waals surface area contributed by atoms with Crippen LogP contribution in [0.2, 0.25) is 0 Å². The van der Waals surface area contributed by atoms with Crippen molar-refractivity contribution in [2.24, 2.45) is 0 Å². The normalized spacial score (nSPS) is 17.2. The lowest BCUT2D eigenvalue weighted by atomic mass is 9.99. The smallest absolute Gasteiger partial charge is 0.127 e.